The summed E-state index contributed by atoms with van der Waals surface area (Å²) in [6, 6.07) is 0. The molecule has 0 atom stereocenters. The van der Waals surface area contributed by atoms with Gasteiger partial charge in [0.05, 0.1) is 0 Å². The Morgan fingerprint density at radius 2 is 2.10 bits per heavy atom. The van der Waals surface area contributed by atoms with Gasteiger partial charge in [-0.15, -0.1) is 12.3 Å². The molecule has 0 bridgehead atoms. The van der Waals surface area contributed by atoms with Crippen LogP contribution in [0, 0.1) is 17.8 Å². The smallest absolute Gasteiger partial charge is 0.0138 e. The molecule has 0 aliphatic carbocycles. The third-order valence-corrected chi connectivity index (χ3v) is 1.63. The van der Waals surface area contributed by atoms with Crippen molar-refractivity contribution in [2.75, 3.05) is 13.6 Å². The van der Waals surface area contributed by atoms with Gasteiger partial charge in [0, 0.05) is 6.42 Å². The molecule has 0 unspecified atom stereocenters. The molecule has 1 N–H and O–H groups in total. The quantitative estimate of drug-likeness (QED) is 0.584. The second-order valence-electron chi connectivity index (χ2n) is 3.40. The van der Waals surface area contributed by atoms with E-state index in [2.05, 4.69) is 25.1 Å². The van der Waals surface area contributed by atoms with Crippen LogP contribution in [0.1, 0.15) is 26.7 Å². The average Bonchev–Trinajstić information content (AvgIpc) is 1.84. The maximum Gasteiger partial charge on any atom is 0.0138 e. The monoisotopic (exact) mass is 139 g/mol. The van der Waals surface area contributed by atoms with Crippen molar-refractivity contribution in [1.82, 2.24) is 5.32 Å². The van der Waals surface area contributed by atoms with E-state index in [9.17, 15) is 0 Å². The highest BCUT2D eigenvalue weighted by Gasteiger charge is 2.14. The Kier molecular flexibility index (Phi) is 4.14. The fraction of sp³-hybridized carbons (Fsp3) is 0.778. The number of hydrogen-bond acceptors (Lipinski definition) is 1. The Labute approximate surface area is 64.2 Å². The van der Waals surface area contributed by atoms with Crippen LogP contribution in [0.3, 0.4) is 0 Å². The van der Waals surface area contributed by atoms with E-state index in [1.54, 1.807) is 0 Å². The van der Waals surface area contributed by atoms with Crippen molar-refractivity contribution in [2.45, 2.75) is 26.7 Å². The molecule has 0 radical (unpaired) electrons. The summed E-state index contributed by atoms with van der Waals surface area (Å²) in [6.07, 6.45) is 7.23. The fourth-order valence-corrected chi connectivity index (χ4v) is 0.828. The van der Waals surface area contributed by atoms with Crippen LogP contribution in [0.2, 0.25) is 0 Å². The predicted molar refractivity (Wildman–Crippen MR) is 45.8 cm³/mol. The van der Waals surface area contributed by atoms with Crippen molar-refractivity contribution >= 4 is 0 Å². The second kappa shape index (κ2) is 4.35. The molecule has 0 aromatic carbocycles. The summed E-state index contributed by atoms with van der Waals surface area (Å²) >= 11 is 0. The highest BCUT2D eigenvalue weighted by Crippen LogP contribution is 2.22. The van der Waals surface area contributed by atoms with Gasteiger partial charge >= 0.3 is 0 Å². The summed E-state index contributed by atoms with van der Waals surface area (Å²) in [5.74, 6) is 2.69. The first-order chi connectivity index (χ1) is 4.62. The van der Waals surface area contributed by atoms with Gasteiger partial charge in [-0.3, -0.25) is 0 Å². The van der Waals surface area contributed by atoms with Gasteiger partial charge in [0.2, 0.25) is 0 Å². The molecule has 0 aliphatic rings. The van der Waals surface area contributed by atoms with Crippen LogP contribution in [0.15, 0.2) is 0 Å². The highest BCUT2D eigenvalue weighted by atomic mass is 14.8. The second-order valence-corrected chi connectivity index (χ2v) is 3.40. The van der Waals surface area contributed by atoms with E-state index in [-0.39, 0.29) is 0 Å². The number of nitrogens with one attached hydrogen (secondary N) is 1. The van der Waals surface area contributed by atoms with Crippen molar-refractivity contribution in [1.29, 1.82) is 0 Å². The Bertz CT molecular complexity index is 119. The van der Waals surface area contributed by atoms with Crippen LogP contribution in [0.5, 0.6) is 0 Å². The predicted octanol–water partition coefficient (Wildman–Crippen LogP) is 1.65. The Morgan fingerprint density at radius 3 is 2.50 bits per heavy atom. The van der Waals surface area contributed by atoms with Crippen LogP contribution >= 0.6 is 0 Å². The van der Waals surface area contributed by atoms with Gasteiger partial charge in [-0.2, -0.15) is 0 Å². The molecule has 1 heteroatoms. The molecule has 10 heavy (non-hydrogen) atoms. The molecule has 0 aromatic heterocycles. The number of terminal acetylenes is 1. The lowest BCUT2D eigenvalue weighted by Crippen LogP contribution is -2.18. The Hall–Kier alpha value is -0.480. The van der Waals surface area contributed by atoms with E-state index in [0.717, 1.165) is 19.4 Å². The molecule has 1 nitrogen and oxygen atoms in total. The molecule has 58 valence electrons. The maximum atomic E-state index is 5.22. The van der Waals surface area contributed by atoms with Gasteiger partial charge in [0.25, 0.3) is 0 Å². The minimum atomic E-state index is 0.303. The van der Waals surface area contributed by atoms with E-state index in [1.165, 1.54) is 0 Å². The van der Waals surface area contributed by atoms with Crippen LogP contribution in [0.4, 0.5) is 0 Å². The molecule has 0 saturated carbocycles. The highest BCUT2D eigenvalue weighted by molar-refractivity contribution is 4.90. The lowest BCUT2D eigenvalue weighted by molar-refractivity contribution is 0.342. The van der Waals surface area contributed by atoms with Crippen molar-refractivity contribution < 1.29 is 0 Å². The van der Waals surface area contributed by atoms with Crippen LogP contribution in [0.25, 0.3) is 0 Å². The van der Waals surface area contributed by atoms with Crippen LogP contribution in [-0.4, -0.2) is 13.6 Å². The molecule has 0 aliphatic heterocycles. The van der Waals surface area contributed by atoms with Gasteiger partial charge in [0.1, 0.15) is 0 Å². The third kappa shape index (κ3) is 4.40. The van der Waals surface area contributed by atoms with Gasteiger partial charge in [-0.25, -0.2) is 0 Å². The fourth-order valence-electron chi connectivity index (χ4n) is 0.828. The summed E-state index contributed by atoms with van der Waals surface area (Å²) in [5.41, 5.74) is 0.303. The van der Waals surface area contributed by atoms with Crippen molar-refractivity contribution in [3.8, 4) is 12.3 Å². The molecule has 0 heterocycles. The van der Waals surface area contributed by atoms with E-state index in [0.29, 0.717) is 5.41 Å². The van der Waals surface area contributed by atoms with Crippen molar-refractivity contribution in [3.63, 3.8) is 0 Å². The third-order valence-electron chi connectivity index (χ3n) is 1.63. The zero-order chi connectivity index (χ0) is 8.04. The zero-order valence-electron chi connectivity index (χ0n) is 7.20. The summed E-state index contributed by atoms with van der Waals surface area (Å²) in [6.45, 7) is 5.45. The number of rotatable bonds is 4. The first-order valence-corrected chi connectivity index (χ1v) is 3.70. The summed E-state index contributed by atoms with van der Waals surface area (Å²) in [5, 5.41) is 3.11. The van der Waals surface area contributed by atoms with Gasteiger partial charge < -0.3 is 5.32 Å². The van der Waals surface area contributed by atoms with E-state index in [1.807, 2.05) is 7.05 Å². The molecular formula is C9H17N. The molecule has 0 saturated heterocycles. The Balaban J connectivity index is 3.55. The molecule has 0 amide bonds. The van der Waals surface area contributed by atoms with E-state index >= 15 is 0 Å². The lowest BCUT2D eigenvalue weighted by atomic mass is 9.86. The molecule has 0 spiro atoms. The van der Waals surface area contributed by atoms with Crippen molar-refractivity contribution in [2.24, 2.45) is 5.41 Å². The lowest BCUT2D eigenvalue weighted by Gasteiger charge is -2.20. The van der Waals surface area contributed by atoms with E-state index in [4.69, 9.17) is 6.42 Å². The topological polar surface area (TPSA) is 12.0 Å². The minimum Gasteiger partial charge on any atom is -0.320 e. The SMILES string of the molecule is C#CCC(C)(C)CCNC. The normalized spacial score (nSPS) is 11.0. The summed E-state index contributed by atoms with van der Waals surface area (Å²) < 4.78 is 0. The van der Waals surface area contributed by atoms with Gasteiger partial charge in [0.15, 0.2) is 0 Å². The van der Waals surface area contributed by atoms with Crippen LogP contribution < -0.4 is 5.32 Å². The molecular weight excluding hydrogens is 122 g/mol. The first kappa shape index (κ1) is 9.52. The Morgan fingerprint density at radius 1 is 1.50 bits per heavy atom. The zero-order valence-corrected chi connectivity index (χ0v) is 7.20. The first-order valence-electron chi connectivity index (χ1n) is 3.70. The van der Waals surface area contributed by atoms with Crippen LogP contribution in [-0.2, 0) is 0 Å². The molecule has 0 fully saturated rings. The standard InChI is InChI=1S/C9H17N/c1-5-6-9(2,3)7-8-10-4/h1,10H,6-8H2,2-4H3. The number of hydrogen-bond donors (Lipinski definition) is 1. The summed E-state index contributed by atoms with van der Waals surface area (Å²) in [7, 11) is 1.96. The van der Waals surface area contributed by atoms with Crippen molar-refractivity contribution in [3.05, 3.63) is 0 Å². The van der Waals surface area contributed by atoms with E-state index < -0.39 is 0 Å². The average molecular weight is 139 g/mol. The molecule has 0 rings (SSSR count). The van der Waals surface area contributed by atoms with Gasteiger partial charge in [-0.05, 0) is 25.4 Å². The summed E-state index contributed by atoms with van der Waals surface area (Å²) in [4.78, 5) is 0. The molecule has 0 aromatic rings. The minimum absolute atomic E-state index is 0.303. The largest absolute Gasteiger partial charge is 0.320 e. The van der Waals surface area contributed by atoms with Gasteiger partial charge in [-0.1, -0.05) is 13.8 Å². The maximum absolute atomic E-state index is 5.22.